The van der Waals surface area contributed by atoms with Crippen LogP contribution in [-0.2, 0) is 13.0 Å². The standard InChI is InChI=1S/C17H16F2N6O2/c1-2-12-9-14(21-10-15-20-7-8-24(15)17(18)19)23-16(22-12)11-3-5-13(6-4-11)25(26)27/h3-9,17H,2,10H2,1H3,(H,21,22,23). The molecule has 0 amide bonds. The van der Waals surface area contributed by atoms with Crippen LogP contribution in [0.25, 0.3) is 11.4 Å². The minimum Gasteiger partial charge on any atom is -0.363 e. The quantitative estimate of drug-likeness (QED) is 0.499. The topological polar surface area (TPSA) is 98.8 Å². The molecule has 0 aliphatic carbocycles. The second-order valence-electron chi connectivity index (χ2n) is 5.61. The average Bonchev–Trinajstić information content (AvgIpc) is 3.15. The lowest BCUT2D eigenvalue weighted by molar-refractivity contribution is -0.384. The van der Waals surface area contributed by atoms with Crippen LogP contribution in [0.15, 0.2) is 42.7 Å². The van der Waals surface area contributed by atoms with Crippen LogP contribution in [0.2, 0.25) is 0 Å². The zero-order valence-corrected chi connectivity index (χ0v) is 14.3. The lowest BCUT2D eigenvalue weighted by Crippen LogP contribution is -2.10. The summed E-state index contributed by atoms with van der Waals surface area (Å²) < 4.78 is 26.6. The Hall–Kier alpha value is -3.43. The highest BCUT2D eigenvalue weighted by Crippen LogP contribution is 2.22. The summed E-state index contributed by atoms with van der Waals surface area (Å²) in [5, 5.41) is 13.8. The number of benzene rings is 1. The normalized spacial score (nSPS) is 11.0. The molecule has 1 N–H and O–H groups in total. The van der Waals surface area contributed by atoms with Gasteiger partial charge in [0.05, 0.1) is 11.5 Å². The van der Waals surface area contributed by atoms with Gasteiger partial charge in [0.1, 0.15) is 11.6 Å². The number of hydrogen-bond donors (Lipinski definition) is 1. The van der Waals surface area contributed by atoms with Crippen molar-refractivity contribution in [1.82, 2.24) is 19.5 Å². The van der Waals surface area contributed by atoms with E-state index in [1.807, 2.05) is 6.92 Å². The number of hydrogen-bond acceptors (Lipinski definition) is 6. The second kappa shape index (κ2) is 7.85. The van der Waals surface area contributed by atoms with Gasteiger partial charge in [-0.1, -0.05) is 6.92 Å². The molecule has 0 unspecified atom stereocenters. The number of aromatic nitrogens is 4. The number of aryl methyl sites for hydroxylation is 1. The van der Waals surface area contributed by atoms with E-state index in [0.717, 1.165) is 10.3 Å². The molecule has 1 aromatic carbocycles. The van der Waals surface area contributed by atoms with Crippen LogP contribution in [0, 0.1) is 10.1 Å². The van der Waals surface area contributed by atoms with Crippen LogP contribution < -0.4 is 5.32 Å². The van der Waals surface area contributed by atoms with Gasteiger partial charge in [0.25, 0.3) is 5.69 Å². The largest absolute Gasteiger partial charge is 0.363 e. The summed E-state index contributed by atoms with van der Waals surface area (Å²) in [7, 11) is 0. The number of halogens is 2. The number of nitrogens with zero attached hydrogens (tertiary/aromatic N) is 5. The molecule has 3 rings (SSSR count). The molecule has 2 heterocycles. The molecule has 0 radical (unpaired) electrons. The Balaban J connectivity index is 1.85. The van der Waals surface area contributed by atoms with Gasteiger partial charge < -0.3 is 5.32 Å². The van der Waals surface area contributed by atoms with Gasteiger partial charge in [-0.05, 0) is 18.6 Å². The van der Waals surface area contributed by atoms with Crippen molar-refractivity contribution in [3.8, 4) is 11.4 Å². The van der Waals surface area contributed by atoms with Gasteiger partial charge in [-0.25, -0.2) is 15.0 Å². The minimum absolute atomic E-state index is 0.0254. The van der Waals surface area contributed by atoms with Gasteiger partial charge in [0.2, 0.25) is 0 Å². The fourth-order valence-corrected chi connectivity index (χ4v) is 2.46. The molecule has 3 aromatic rings. The van der Waals surface area contributed by atoms with Crippen molar-refractivity contribution in [3.63, 3.8) is 0 Å². The van der Waals surface area contributed by atoms with Crippen LogP contribution in [0.1, 0.15) is 25.0 Å². The molecule has 2 aromatic heterocycles. The van der Waals surface area contributed by atoms with Crippen molar-refractivity contribution in [3.05, 3.63) is 64.4 Å². The first-order chi connectivity index (χ1) is 13.0. The number of imidazole rings is 1. The maximum absolute atomic E-state index is 12.9. The molecule has 0 aliphatic heterocycles. The predicted molar refractivity (Wildman–Crippen MR) is 94.3 cm³/mol. The van der Waals surface area contributed by atoms with E-state index in [0.29, 0.717) is 23.6 Å². The molecule has 8 nitrogen and oxygen atoms in total. The third kappa shape index (κ3) is 4.22. The smallest absolute Gasteiger partial charge is 0.319 e. The van der Waals surface area contributed by atoms with E-state index in [-0.39, 0.29) is 18.1 Å². The van der Waals surface area contributed by atoms with Crippen molar-refractivity contribution in [2.45, 2.75) is 26.4 Å². The molecule has 140 valence electrons. The molecule has 0 spiro atoms. The van der Waals surface area contributed by atoms with Crippen molar-refractivity contribution in [1.29, 1.82) is 0 Å². The number of rotatable bonds is 7. The first kappa shape index (κ1) is 18.4. The fraction of sp³-hybridized carbons (Fsp3) is 0.235. The zero-order chi connectivity index (χ0) is 19.4. The Morgan fingerprint density at radius 1 is 1.26 bits per heavy atom. The van der Waals surface area contributed by atoms with E-state index >= 15 is 0 Å². The van der Waals surface area contributed by atoms with E-state index < -0.39 is 11.5 Å². The number of nitro groups is 1. The van der Waals surface area contributed by atoms with Gasteiger partial charge in [0.15, 0.2) is 5.82 Å². The summed E-state index contributed by atoms with van der Waals surface area (Å²) in [6, 6.07) is 7.62. The first-order valence-electron chi connectivity index (χ1n) is 8.14. The summed E-state index contributed by atoms with van der Waals surface area (Å²) in [5.74, 6) is 1.03. The van der Waals surface area contributed by atoms with Crippen molar-refractivity contribution < 1.29 is 13.7 Å². The Bertz CT molecular complexity index is 943. The molecule has 0 aliphatic rings. The maximum Gasteiger partial charge on any atom is 0.319 e. The highest BCUT2D eigenvalue weighted by Gasteiger charge is 2.13. The number of nitro benzene ring substituents is 1. The Labute approximate surface area is 153 Å². The van der Waals surface area contributed by atoms with Crippen molar-refractivity contribution in [2.24, 2.45) is 0 Å². The molecule has 0 fully saturated rings. The van der Waals surface area contributed by atoms with E-state index in [9.17, 15) is 18.9 Å². The summed E-state index contributed by atoms with van der Waals surface area (Å²) in [5.41, 5.74) is 1.34. The van der Waals surface area contributed by atoms with Gasteiger partial charge in [-0.3, -0.25) is 14.7 Å². The second-order valence-corrected chi connectivity index (χ2v) is 5.61. The maximum atomic E-state index is 12.9. The summed E-state index contributed by atoms with van der Waals surface area (Å²) >= 11 is 0. The van der Waals surface area contributed by atoms with E-state index in [2.05, 4.69) is 20.3 Å². The molecule has 0 bridgehead atoms. The highest BCUT2D eigenvalue weighted by atomic mass is 19.3. The van der Waals surface area contributed by atoms with Gasteiger partial charge in [-0.2, -0.15) is 8.78 Å². The minimum atomic E-state index is -2.67. The van der Waals surface area contributed by atoms with Gasteiger partial charge in [-0.15, -0.1) is 0 Å². The molecular formula is C17H16F2N6O2. The Morgan fingerprint density at radius 3 is 2.63 bits per heavy atom. The van der Waals surface area contributed by atoms with Gasteiger partial charge in [0, 0.05) is 41.9 Å². The predicted octanol–water partition coefficient (Wildman–Crippen LogP) is 3.82. The molecule has 0 saturated carbocycles. The van der Waals surface area contributed by atoms with Gasteiger partial charge >= 0.3 is 6.55 Å². The number of alkyl halides is 2. The first-order valence-corrected chi connectivity index (χ1v) is 8.14. The summed E-state index contributed by atoms with van der Waals surface area (Å²) in [4.78, 5) is 23.0. The van der Waals surface area contributed by atoms with Crippen molar-refractivity contribution in [2.75, 3.05) is 5.32 Å². The van der Waals surface area contributed by atoms with Crippen LogP contribution in [0.3, 0.4) is 0 Å². The molecule has 10 heteroatoms. The third-order valence-corrected chi connectivity index (χ3v) is 3.86. The summed E-state index contributed by atoms with van der Waals surface area (Å²) in [6.07, 6.45) is 3.16. The zero-order valence-electron chi connectivity index (χ0n) is 14.3. The highest BCUT2D eigenvalue weighted by molar-refractivity contribution is 5.59. The van der Waals surface area contributed by atoms with Crippen LogP contribution in [0.5, 0.6) is 0 Å². The molecule has 27 heavy (non-hydrogen) atoms. The van der Waals surface area contributed by atoms with E-state index in [1.165, 1.54) is 24.5 Å². The Morgan fingerprint density at radius 2 is 2.00 bits per heavy atom. The SMILES string of the molecule is CCc1cc(NCc2nccn2C(F)F)nc(-c2ccc([N+](=O)[O-])cc2)n1. The van der Waals surface area contributed by atoms with Crippen molar-refractivity contribution >= 4 is 11.5 Å². The molecule has 0 saturated heterocycles. The third-order valence-electron chi connectivity index (χ3n) is 3.86. The number of anilines is 1. The lowest BCUT2D eigenvalue weighted by atomic mass is 10.2. The monoisotopic (exact) mass is 374 g/mol. The van der Waals surface area contributed by atoms with Crippen LogP contribution >= 0.6 is 0 Å². The fourth-order valence-electron chi connectivity index (χ4n) is 2.46. The van der Waals surface area contributed by atoms with E-state index in [1.54, 1.807) is 18.2 Å². The number of non-ortho nitro benzene ring substituents is 1. The van der Waals surface area contributed by atoms with E-state index in [4.69, 9.17) is 0 Å². The molecular weight excluding hydrogens is 358 g/mol. The average molecular weight is 374 g/mol. The lowest BCUT2D eigenvalue weighted by Gasteiger charge is -2.11. The Kier molecular flexibility index (Phi) is 5.34. The number of nitrogens with one attached hydrogen (secondary N) is 1. The summed E-state index contributed by atoms with van der Waals surface area (Å²) in [6.45, 7) is -0.677. The van der Waals surface area contributed by atoms with Crippen LogP contribution in [0.4, 0.5) is 20.3 Å². The molecule has 0 atom stereocenters. The van der Waals surface area contributed by atoms with Crippen LogP contribution in [-0.4, -0.2) is 24.4 Å².